The van der Waals surface area contributed by atoms with E-state index in [4.69, 9.17) is 0 Å². The fourth-order valence-electron chi connectivity index (χ4n) is 2.40. The third kappa shape index (κ3) is 4.07. The normalized spacial score (nSPS) is 15.2. The van der Waals surface area contributed by atoms with Crippen LogP contribution in [0.3, 0.4) is 0 Å². The summed E-state index contributed by atoms with van der Waals surface area (Å²) in [5, 5.41) is 2.85. The summed E-state index contributed by atoms with van der Waals surface area (Å²) in [5.74, 6) is -0.302. The van der Waals surface area contributed by atoms with Crippen LogP contribution in [-0.4, -0.2) is 43.4 Å². The molecule has 0 bridgehead atoms. The monoisotopic (exact) mass is 304 g/mol. The van der Waals surface area contributed by atoms with Gasteiger partial charge < -0.3 is 19.7 Å². The number of carbonyl (C=O) groups is 3. The number of esters is 1. The van der Waals surface area contributed by atoms with Crippen LogP contribution < -0.4 is 5.32 Å². The van der Waals surface area contributed by atoms with Crippen LogP contribution in [0, 0.1) is 5.92 Å². The first kappa shape index (κ1) is 16.0. The highest BCUT2D eigenvalue weighted by Crippen LogP contribution is 2.15. The second kappa shape index (κ2) is 7.59. The van der Waals surface area contributed by atoms with Crippen molar-refractivity contribution in [2.45, 2.75) is 19.4 Å². The zero-order valence-corrected chi connectivity index (χ0v) is 12.6. The lowest BCUT2D eigenvalue weighted by atomic mass is 9.99. The van der Waals surface area contributed by atoms with Crippen molar-refractivity contribution in [1.82, 2.24) is 10.2 Å². The largest absolute Gasteiger partial charge is 0.465 e. The Bertz CT molecular complexity index is 534. The van der Waals surface area contributed by atoms with Gasteiger partial charge in [-0.2, -0.15) is 0 Å². The SMILES string of the molecule is COC(=O)c1ccc(CNC(=O)N2CCC(C=O)CC2)cc1. The molecule has 1 aliphatic heterocycles. The molecule has 2 amide bonds. The van der Waals surface area contributed by atoms with Crippen molar-refractivity contribution in [3.8, 4) is 0 Å². The second-order valence-corrected chi connectivity index (χ2v) is 5.31. The summed E-state index contributed by atoms with van der Waals surface area (Å²) >= 11 is 0. The van der Waals surface area contributed by atoms with Gasteiger partial charge in [0.05, 0.1) is 12.7 Å². The molecule has 0 atom stereocenters. The van der Waals surface area contributed by atoms with Crippen molar-refractivity contribution in [2.24, 2.45) is 5.92 Å². The number of aldehydes is 1. The molecule has 2 rings (SSSR count). The first-order valence-corrected chi connectivity index (χ1v) is 7.29. The lowest BCUT2D eigenvalue weighted by molar-refractivity contribution is -0.112. The third-order valence-corrected chi connectivity index (χ3v) is 3.84. The van der Waals surface area contributed by atoms with Gasteiger partial charge in [0.15, 0.2) is 0 Å². The molecule has 6 heteroatoms. The van der Waals surface area contributed by atoms with Crippen molar-refractivity contribution < 1.29 is 19.1 Å². The fraction of sp³-hybridized carbons (Fsp3) is 0.438. The number of methoxy groups -OCH3 is 1. The third-order valence-electron chi connectivity index (χ3n) is 3.84. The van der Waals surface area contributed by atoms with Crippen LogP contribution in [0.4, 0.5) is 4.79 Å². The minimum atomic E-state index is -0.381. The molecule has 1 N–H and O–H groups in total. The molecule has 1 aromatic carbocycles. The summed E-state index contributed by atoms with van der Waals surface area (Å²) in [6.07, 6.45) is 2.42. The van der Waals surface area contributed by atoms with Crippen LogP contribution >= 0.6 is 0 Å². The van der Waals surface area contributed by atoms with Crippen LogP contribution in [-0.2, 0) is 16.1 Å². The maximum atomic E-state index is 12.0. The Kier molecular flexibility index (Phi) is 5.52. The Hall–Kier alpha value is -2.37. The van der Waals surface area contributed by atoms with Gasteiger partial charge >= 0.3 is 12.0 Å². The highest BCUT2D eigenvalue weighted by Gasteiger charge is 2.21. The Morgan fingerprint density at radius 3 is 2.45 bits per heavy atom. The Labute approximate surface area is 129 Å². The number of benzene rings is 1. The van der Waals surface area contributed by atoms with E-state index in [1.54, 1.807) is 29.2 Å². The van der Waals surface area contributed by atoms with Crippen LogP contribution in [0.15, 0.2) is 24.3 Å². The van der Waals surface area contributed by atoms with E-state index in [0.29, 0.717) is 25.2 Å². The molecular formula is C16H20N2O4. The number of nitrogens with one attached hydrogen (secondary N) is 1. The Morgan fingerprint density at radius 2 is 1.91 bits per heavy atom. The topological polar surface area (TPSA) is 75.7 Å². The van der Waals surface area contributed by atoms with Crippen molar-refractivity contribution in [1.29, 1.82) is 0 Å². The molecule has 0 saturated carbocycles. The second-order valence-electron chi connectivity index (χ2n) is 5.31. The summed E-state index contributed by atoms with van der Waals surface area (Å²) in [6, 6.07) is 6.78. The van der Waals surface area contributed by atoms with Gasteiger partial charge in [-0.3, -0.25) is 0 Å². The summed E-state index contributed by atoms with van der Waals surface area (Å²) in [4.78, 5) is 35.8. The van der Waals surface area contributed by atoms with Gasteiger partial charge in [0, 0.05) is 25.6 Å². The standard InChI is InChI=1S/C16H20N2O4/c1-22-15(20)14-4-2-12(3-5-14)10-17-16(21)18-8-6-13(11-19)7-9-18/h2-5,11,13H,6-10H2,1H3,(H,17,21). The number of nitrogens with zero attached hydrogens (tertiary/aromatic N) is 1. The first-order valence-electron chi connectivity index (χ1n) is 7.29. The van der Waals surface area contributed by atoms with Gasteiger partial charge in [0.1, 0.15) is 6.29 Å². The summed E-state index contributed by atoms with van der Waals surface area (Å²) in [6.45, 7) is 1.61. The van der Waals surface area contributed by atoms with Gasteiger partial charge in [0.2, 0.25) is 0 Å². The molecule has 0 aromatic heterocycles. The molecule has 1 saturated heterocycles. The smallest absolute Gasteiger partial charge is 0.337 e. The number of likely N-dealkylation sites (tertiary alicyclic amines) is 1. The van der Waals surface area contributed by atoms with E-state index in [2.05, 4.69) is 10.1 Å². The number of hydrogen-bond acceptors (Lipinski definition) is 4. The van der Waals surface area contributed by atoms with E-state index in [-0.39, 0.29) is 17.9 Å². The van der Waals surface area contributed by atoms with Crippen molar-refractivity contribution in [3.63, 3.8) is 0 Å². The molecule has 22 heavy (non-hydrogen) atoms. The molecule has 0 spiro atoms. The number of hydrogen-bond donors (Lipinski definition) is 1. The Balaban J connectivity index is 1.81. The fourth-order valence-corrected chi connectivity index (χ4v) is 2.40. The predicted octanol–water partition coefficient (Wildman–Crippen LogP) is 1.59. The van der Waals surface area contributed by atoms with Crippen LogP contribution in [0.1, 0.15) is 28.8 Å². The molecular weight excluding hydrogens is 284 g/mol. The predicted molar refractivity (Wildman–Crippen MR) is 80.4 cm³/mol. The van der Waals surface area contributed by atoms with Gasteiger partial charge in [-0.1, -0.05) is 12.1 Å². The van der Waals surface area contributed by atoms with Gasteiger partial charge in [0.25, 0.3) is 0 Å². The average molecular weight is 304 g/mol. The molecule has 118 valence electrons. The molecule has 0 unspecified atom stereocenters. The van der Waals surface area contributed by atoms with Crippen molar-refractivity contribution in [3.05, 3.63) is 35.4 Å². The summed E-state index contributed by atoms with van der Waals surface area (Å²) in [7, 11) is 1.34. The minimum Gasteiger partial charge on any atom is -0.465 e. The number of ether oxygens (including phenoxy) is 1. The van der Waals surface area contributed by atoms with Gasteiger partial charge in [-0.15, -0.1) is 0 Å². The number of piperidine rings is 1. The molecule has 1 fully saturated rings. The number of urea groups is 1. The quantitative estimate of drug-likeness (QED) is 0.677. The highest BCUT2D eigenvalue weighted by atomic mass is 16.5. The lowest BCUT2D eigenvalue weighted by Gasteiger charge is -2.29. The van der Waals surface area contributed by atoms with E-state index in [9.17, 15) is 14.4 Å². The molecule has 1 aromatic rings. The molecule has 1 heterocycles. The van der Waals surface area contributed by atoms with Crippen LogP contribution in [0.5, 0.6) is 0 Å². The van der Waals surface area contributed by atoms with E-state index in [1.807, 2.05) is 0 Å². The average Bonchev–Trinajstić information content (AvgIpc) is 2.59. The number of amides is 2. The summed E-state index contributed by atoms with van der Waals surface area (Å²) in [5.41, 5.74) is 1.39. The zero-order chi connectivity index (χ0) is 15.9. The molecule has 0 radical (unpaired) electrons. The van der Waals surface area contributed by atoms with Crippen LogP contribution in [0.2, 0.25) is 0 Å². The van der Waals surface area contributed by atoms with E-state index >= 15 is 0 Å². The molecule has 0 aliphatic carbocycles. The van der Waals surface area contributed by atoms with E-state index in [0.717, 1.165) is 24.7 Å². The highest BCUT2D eigenvalue weighted by molar-refractivity contribution is 5.89. The van der Waals surface area contributed by atoms with E-state index < -0.39 is 0 Å². The first-order chi connectivity index (χ1) is 10.6. The maximum absolute atomic E-state index is 12.0. The lowest BCUT2D eigenvalue weighted by Crippen LogP contribution is -2.44. The minimum absolute atomic E-state index is 0.0786. The number of carbonyl (C=O) groups excluding carboxylic acids is 3. The summed E-state index contributed by atoms with van der Waals surface area (Å²) < 4.78 is 4.63. The zero-order valence-electron chi connectivity index (χ0n) is 12.6. The molecule has 6 nitrogen and oxygen atoms in total. The van der Waals surface area contributed by atoms with E-state index in [1.165, 1.54) is 7.11 Å². The van der Waals surface area contributed by atoms with Crippen molar-refractivity contribution in [2.75, 3.05) is 20.2 Å². The van der Waals surface area contributed by atoms with Crippen molar-refractivity contribution >= 4 is 18.3 Å². The number of rotatable bonds is 4. The molecule has 1 aliphatic rings. The van der Waals surface area contributed by atoms with Crippen LogP contribution in [0.25, 0.3) is 0 Å². The Morgan fingerprint density at radius 1 is 1.27 bits per heavy atom. The van der Waals surface area contributed by atoms with Gasteiger partial charge in [-0.05, 0) is 30.5 Å². The maximum Gasteiger partial charge on any atom is 0.337 e. The van der Waals surface area contributed by atoms with Gasteiger partial charge in [-0.25, -0.2) is 9.59 Å².